The second-order valence-corrected chi connectivity index (χ2v) is 9.27. The second-order valence-electron chi connectivity index (χ2n) is 7.12. The standard InChI is InChI=1S/C20H23N5O4S/c1-24(2)30(27,28)14-7-8-18(25-9-11-29-12-10-25)15(13-14)19(26)23-20-21-16-5-3-4-6-17(16)22-20/h3-8,13H,9-12H2,1-2H3,(H2,21,22,23,26). The van der Waals surface area contributed by atoms with E-state index >= 15 is 0 Å². The van der Waals surface area contributed by atoms with Crippen LogP contribution in [-0.2, 0) is 14.8 Å². The number of imidazole rings is 1. The number of benzene rings is 2. The van der Waals surface area contributed by atoms with Crippen LogP contribution in [0.1, 0.15) is 10.4 Å². The molecule has 1 amide bonds. The van der Waals surface area contributed by atoms with E-state index in [0.29, 0.717) is 37.9 Å². The molecular formula is C20H23N5O4S. The number of nitrogens with one attached hydrogen (secondary N) is 2. The maximum absolute atomic E-state index is 13.2. The zero-order valence-corrected chi connectivity index (χ0v) is 17.6. The number of H-pyrrole nitrogens is 1. The lowest BCUT2D eigenvalue weighted by molar-refractivity contribution is 0.102. The van der Waals surface area contributed by atoms with Gasteiger partial charge in [-0.15, -0.1) is 0 Å². The summed E-state index contributed by atoms with van der Waals surface area (Å²) in [7, 11) is -0.772. The minimum atomic E-state index is -3.69. The van der Waals surface area contributed by atoms with Crippen molar-refractivity contribution in [3.05, 3.63) is 48.0 Å². The van der Waals surface area contributed by atoms with Crippen molar-refractivity contribution in [3.8, 4) is 0 Å². The summed E-state index contributed by atoms with van der Waals surface area (Å²) < 4.78 is 31.7. The number of morpholine rings is 1. The maximum atomic E-state index is 13.2. The van der Waals surface area contributed by atoms with Crippen LogP contribution >= 0.6 is 0 Å². The monoisotopic (exact) mass is 429 g/mol. The number of nitrogens with zero attached hydrogens (tertiary/aromatic N) is 3. The first kappa shape index (κ1) is 20.3. The van der Waals surface area contributed by atoms with Crippen LogP contribution < -0.4 is 10.2 Å². The molecule has 2 heterocycles. The summed E-state index contributed by atoms with van der Waals surface area (Å²) in [6, 6.07) is 12.1. The number of carbonyl (C=O) groups excluding carboxylic acids is 1. The van der Waals surface area contributed by atoms with Crippen LogP contribution in [0.3, 0.4) is 0 Å². The predicted octanol–water partition coefficient (Wildman–Crippen LogP) is 1.90. The summed E-state index contributed by atoms with van der Waals surface area (Å²) in [5.41, 5.74) is 2.44. The number of sulfonamides is 1. The van der Waals surface area contributed by atoms with Gasteiger partial charge in [-0.2, -0.15) is 0 Å². The molecule has 1 fully saturated rings. The van der Waals surface area contributed by atoms with E-state index in [1.807, 2.05) is 29.2 Å². The third-order valence-corrected chi connectivity index (χ3v) is 6.78. The minimum absolute atomic E-state index is 0.0549. The highest BCUT2D eigenvalue weighted by Gasteiger charge is 2.24. The molecule has 0 aliphatic carbocycles. The average Bonchev–Trinajstić information content (AvgIpc) is 3.16. The lowest BCUT2D eigenvalue weighted by Gasteiger charge is -2.30. The van der Waals surface area contributed by atoms with Crippen LogP contribution in [0.15, 0.2) is 47.4 Å². The van der Waals surface area contributed by atoms with Gasteiger partial charge in [0.25, 0.3) is 5.91 Å². The largest absolute Gasteiger partial charge is 0.378 e. The molecule has 1 aliphatic heterocycles. The molecule has 0 radical (unpaired) electrons. The van der Waals surface area contributed by atoms with Crippen molar-refractivity contribution in [3.63, 3.8) is 0 Å². The predicted molar refractivity (Wildman–Crippen MR) is 114 cm³/mol. The van der Waals surface area contributed by atoms with Gasteiger partial charge in [0.05, 0.1) is 34.7 Å². The zero-order chi connectivity index (χ0) is 21.3. The molecule has 3 aromatic rings. The van der Waals surface area contributed by atoms with Crippen LogP contribution in [0.2, 0.25) is 0 Å². The molecule has 0 atom stereocenters. The van der Waals surface area contributed by atoms with Crippen molar-refractivity contribution in [1.29, 1.82) is 0 Å². The molecule has 0 saturated carbocycles. The Kier molecular flexibility index (Phi) is 5.46. The molecule has 9 nitrogen and oxygen atoms in total. The van der Waals surface area contributed by atoms with Crippen LogP contribution in [0.4, 0.5) is 11.6 Å². The van der Waals surface area contributed by atoms with Crippen molar-refractivity contribution in [2.75, 3.05) is 50.6 Å². The average molecular weight is 430 g/mol. The zero-order valence-electron chi connectivity index (χ0n) is 16.8. The van der Waals surface area contributed by atoms with E-state index in [1.54, 1.807) is 6.07 Å². The van der Waals surface area contributed by atoms with Crippen molar-refractivity contribution < 1.29 is 17.9 Å². The summed E-state index contributed by atoms with van der Waals surface area (Å²) in [5, 5.41) is 2.76. The smallest absolute Gasteiger partial charge is 0.260 e. The van der Waals surface area contributed by atoms with E-state index in [4.69, 9.17) is 4.74 Å². The molecule has 2 N–H and O–H groups in total. The summed E-state index contributed by atoms with van der Waals surface area (Å²) in [6.45, 7) is 2.32. The van der Waals surface area contributed by atoms with Gasteiger partial charge in [0.15, 0.2) is 0 Å². The highest BCUT2D eigenvalue weighted by Crippen LogP contribution is 2.27. The number of hydrogen-bond donors (Lipinski definition) is 2. The van der Waals surface area contributed by atoms with Gasteiger partial charge in [-0.25, -0.2) is 17.7 Å². The number of para-hydroxylation sites is 2. The summed E-state index contributed by atoms with van der Waals surface area (Å²) in [4.78, 5) is 22.7. The highest BCUT2D eigenvalue weighted by molar-refractivity contribution is 7.89. The molecule has 1 aromatic heterocycles. The number of amides is 1. The van der Waals surface area contributed by atoms with Gasteiger partial charge in [-0.05, 0) is 30.3 Å². The molecular weight excluding hydrogens is 406 g/mol. The van der Waals surface area contributed by atoms with E-state index in [2.05, 4.69) is 15.3 Å². The van der Waals surface area contributed by atoms with Gasteiger partial charge >= 0.3 is 0 Å². The second kappa shape index (κ2) is 8.05. The number of fused-ring (bicyclic) bond motifs is 1. The third kappa shape index (κ3) is 3.89. The van der Waals surface area contributed by atoms with Crippen LogP contribution in [0.25, 0.3) is 11.0 Å². The Morgan fingerprint density at radius 2 is 1.90 bits per heavy atom. The number of ether oxygens (including phenoxy) is 1. The normalized spacial score (nSPS) is 15.0. The van der Waals surface area contributed by atoms with E-state index in [-0.39, 0.29) is 10.5 Å². The molecule has 0 unspecified atom stereocenters. The molecule has 1 aliphatic rings. The topological polar surface area (TPSA) is 108 Å². The fourth-order valence-corrected chi connectivity index (χ4v) is 4.26. The Balaban J connectivity index is 1.72. The number of hydrogen-bond acceptors (Lipinski definition) is 6. The van der Waals surface area contributed by atoms with Crippen LogP contribution in [0.5, 0.6) is 0 Å². The fraction of sp³-hybridized carbons (Fsp3) is 0.300. The number of anilines is 2. The van der Waals surface area contributed by atoms with Gasteiger partial charge in [-0.1, -0.05) is 12.1 Å². The first-order chi connectivity index (χ1) is 14.4. The van der Waals surface area contributed by atoms with Crippen molar-refractivity contribution in [1.82, 2.24) is 14.3 Å². The van der Waals surface area contributed by atoms with E-state index in [9.17, 15) is 13.2 Å². The van der Waals surface area contributed by atoms with Crippen LogP contribution in [0, 0.1) is 0 Å². The van der Waals surface area contributed by atoms with Crippen molar-refractivity contribution in [2.24, 2.45) is 0 Å². The third-order valence-electron chi connectivity index (χ3n) is 4.96. The first-order valence-electron chi connectivity index (χ1n) is 9.51. The number of aromatic amines is 1. The van der Waals surface area contributed by atoms with Gasteiger partial charge < -0.3 is 14.6 Å². The molecule has 4 rings (SSSR count). The van der Waals surface area contributed by atoms with E-state index < -0.39 is 15.9 Å². The summed E-state index contributed by atoms with van der Waals surface area (Å²) in [6.07, 6.45) is 0. The quantitative estimate of drug-likeness (QED) is 0.641. The molecule has 10 heteroatoms. The minimum Gasteiger partial charge on any atom is -0.378 e. The van der Waals surface area contributed by atoms with E-state index in [1.165, 1.54) is 26.2 Å². The maximum Gasteiger partial charge on any atom is 0.260 e. The SMILES string of the molecule is CN(C)S(=O)(=O)c1ccc(N2CCOCC2)c(C(=O)Nc2nc3ccccc3[nH]2)c1. The Morgan fingerprint density at radius 3 is 2.60 bits per heavy atom. The van der Waals surface area contributed by atoms with Gasteiger partial charge in [0.1, 0.15) is 0 Å². The number of rotatable bonds is 5. The Hall–Kier alpha value is -2.95. The Morgan fingerprint density at radius 1 is 1.17 bits per heavy atom. The van der Waals surface area contributed by atoms with Gasteiger partial charge in [0.2, 0.25) is 16.0 Å². The molecule has 1 saturated heterocycles. The molecule has 0 spiro atoms. The van der Waals surface area contributed by atoms with Crippen molar-refractivity contribution in [2.45, 2.75) is 4.90 Å². The number of aromatic nitrogens is 2. The van der Waals surface area contributed by atoms with Gasteiger partial charge in [-0.3, -0.25) is 10.1 Å². The number of carbonyl (C=O) groups is 1. The van der Waals surface area contributed by atoms with Gasteiger partial charge in [0, 0.05) is 32.9 Å². The summed E-state index contributed by atoms with van der Waals surface area (Å²) in [5.74, 6) is -0.138. The first-order valence-corrected chi connectivity index (χ1v) is 11.0. The lowest BCUT2D eigenvalue weighted by Crippen LogP contribution is -2.37. The Labute approximate surface area is 174 Å². The lowest BCUT2D eigenvalue weighted by atomic mass is 10.1. The highest BCUT2D eigenvalue weighted by atomic mass is 32.2. The van der Waals surface area contributed by atoms with Crippen LogP contribution in [-0.4, -0.2) is 69.0 Å². The molecule has 0 bridgehead atoms. The van der Waals surface area contributed by atoms with E-state index in [0.717, 1.165) is 15.3 Å². The Bertz CT molecular complexity index is 1150. The molecule has 30 heavy (non-hydrogen) atoms. The molecule has 158 valence electrons. The van der Waals surface area contributed by atoms with Crippen molar-refractivity contribution >= 4 is 38.6 Å². The molecule has 2 aromatic carbocycles. The fourth-order valence-electron chi connectivity index (χ4n) is 3.34. The summed E-state index contributed by atoms with van der Waals surface area (Å²) >= 11 is 0.